The highest BCUT2D eigenvalue weighted by molar-refractivity contribution is 8.03. The molecule has 0 atom stereocenters. The van der Waals surface area contributed by atoms with Crippen LogP contribution in [-0.2, 0) is 4.79 Å². The monoisotopic (exact) mass is 282 g/mol. The molecule has 0 saturated heterocycles. The normalized spacial score (nSPS) is 17.5. The summed E-state index contributed by atoms with van der Waals surface area (Å²) in [7, 11) is 0. The van der Waals surface area contributed by atoms with Crippen LogP contribution < -0.4 is 0 Å². The number of hydrogen-bond acceptors (Lipinski definition) is 2. The molecule has 2 heteroatoms. The third-order valence-electron chi connectivity index (χ3n) is 3.33. The summed E-state index contributed by atoms with van der Waals surface area (Å²) in [5.41, 5.74) is 9.41. The summed E-state index contributed by atoms with van der Waals surface area (Å²) in [5.74, 6) is 1.12. The minimum Gasteiger partial charge on any atom is -0.289 e. The van der Waals surface area contributed by atoms with Gasteiger partial charge in [0.1, 0.15) is 0 Å². The Balaban J connectivity index is 2.48. The van der Waals surface area contributed by atoms with Gasteiger partial charge in [-0.25, -0.2) is 0 Å². The van der Waals surface area contributed by atoms with Crippen LogP contribution in [0.1, 0.15) is 26.7 Å². The molecule has 0 amide bonds. The fraction of sp³-hybridized carbons (Fsp3) is 0.278. The SMILES string of the molecule is C=C=C1C2=CC=C=CC=C2C(=O)C(C)=C1SCCCC. The van der Waals surface area contributed by atoms with Crippen LogP contribution in [-0.4, -0.2) is 11.5 Å². The fourth-order valence-corrected chi connectivity index (χ4v) is 3.48. The van der Waals surface area contributed by atoms with E-state index in [-0.39, 0.29) is 5.78 Å². The van der Waals surface area contributed by atoms with Crippen molar-refractivity contribution >= 4 is 17.5 Å². The van der Waals surface area contributed by atoms with Crippen LogP contribution in [0.2, 0.25) is 0 Å². The molecule has 1 nitrogen and oxygen atoms in total. The number of rotatable bonds is 4. The van der Waals surface area contributed by atoms with E-state index in [2.05, 4.69) is 25.0 Å². The highest BCUT2D eigenvalue weighted by atomic mass is 32.2. The van der Waals surface area contributed by atoms with E-state index in [9.17, 15) is 4.79 Å². The number of ketones is 1. The number of Topliss-reactive ketones (excluding diaryl/α,β-unsaturated/α-hetero) is 1. The van der Waals surface area contributed by atoms with E-state index < -0.39 is 0 Å². The number of allylic oxidation sites excluding steroid dienone is 7. The maximum absolute atomic E-state index is 12.5. The number of carbonyl (C=O) groups excluding carboxylic acids is 1. The molecule has 2 aliphatic rings. The average molecular weight is 282 g/mol. The van der Waals surface area contributed by atoms with Crippen molar-refractivity contribution in [2.45, 2.75) is 26.7 Å². The summed E-state index contributed by atoms with van der Waals surface area (Å²) in [6, 6.07) is 0. The molecule has 0 fully saturated rings. The van der Waals surface area contributed by atoms with Gasteiger partial charge in [-0.3, -0.25) is 4.79 Å². The molecule has 2 aliphatic carbocycles. The molecule has 0 aromatic rings. The van der Waals surface area contributed by atoms with E-state index in [4.69, 9.17) is 0 Å². The minimum atomic E-state index is 0.0996. The van der Waals surface area contributed by atoms with Crippen LogP contribution in [0.25, 0.3) is 0 Å². The molecule has 0 radical (unpaired) electrons. The molecule has 0 saturated carbocycles. The Bertz CT molecular complexity index is 643. The van der Waals surface area contributed by atoms with Crippen molar-refractivity contribution in [1.82, 2.24) is 0 Å². The first kappa shape index (κ1) is 14.7. The van der Waals surface area contributed by atoms with Crippen molar-refractivity contribution in [3.8, 4) is 0 Å². The molecule has 0 aromatic carbocycles. The quantitative estimate of drug-likeness (QED) is 0.551. The Morgan fingerprint density at radius 2 is 2.00 bits per heavy atom. The first-order valence-corrected chi connectivity index (χ1v) is 7.81. The van der Waals surface area contributed by atoms with Crippen molar-refractivity contribution < 1.29 is 4.79 Å². The minimum absolute atomic E-state index is 0.0996. The molecule has 0 bridgehead atoms. The van der Waals surface area contributed by atoms with Crippen molar-refractivity contribution in [3.05, 3.63) is 69.5 Å². The van der Waals surface area contributed by atoms with Crippen molar-refractivity contribution in [2.24, 2.45) is 0 Å². The van der Waals surface area contributed by atoms with Crippen molar-refractivity contribution in [1.29, 1.82) is 0 Å². The maximum Gasteiger partial charge on any atom is 0.190 e. The van der Waals surface area contributed by atoms with Gasteiger partial charge in [0.2, 0.25) is 0 Å². The molecule has 2 rings (SSSR count). The Kier molecular flexibility index (Phi) is 4.87. The summed E-state index contributed by atoms with van der Waals surface area (Å²) >= 11 is 1.74. The van der Waals surface area contributed by atoms with Crippen LogP contribution in [0.4, 0.5) is 0 Å². The molecule has 0 heterocycles. The van der Waals surface area contributed by atoms with E-state index >= 15 is 0 Å². The highest BCUT2D eigenvalue weighted by Crippen LogP contribution is 2.41. The van der Waals surface area contributed by atoms with Crippen LogP contribution in [0.5, 0.6) is 0 Å². The van der Waals surface area contributed by atoms with Gasteiger partial charge in [-0.15, -0.1) is 23.2 Å². The van der Waals surface area contributed by atoms with E-state index in [0.29, 0.717) is 0 Å². The highest BCUT2D eigenvalue weighted by Gasteiger charge is 2.29. The Labute approximate surface area is 124 Å². The van der Waals surface area contributed by atoms with Gasteiger partial charge in [-0.05, 0) is 43.4 Å². The number of hydrogen-bond donors (Lipinski definition) is 0. The van der Waals surface area contributed by atoms with Crippen LogP contribution in [0.15, 0.2) is 69.5 Å². The zero-order chi connectivity index (χ0) is 14.5. The topological polar surface area (TPSA) is 17.1 Å². The van der Waals surface area contributed by atoms with Gasteiger partial charge in [0, 0.05) is 27.2 Å². The fourth-order valence-electron chi connectivity index (χ4n) is 2.20. The zero-order valence-corrected chi connectivity index (χ0v) is 12.8. The van der Waals surface area contributed by atoms with E-state index in [1.807, 2.05) is 25.2 Å². The summed E-state index contributed by atoms with van der Waals surface area (Å²) in [6.45, 7) is 7.88. The molecule has 0 aromatic heterocycles. The predicted molar refractivity (Wildman–Crippen MR) is 86.5 cm³/mol. The lowest BCUT2D eigenvalue weighted by Gasteiger charge is -2.23. The van der Waals surface area contributed by atoms with Gasteiger partial charge in [0.25, 0.3) is 0 Å². The van der Waals surface area contributed by atoms with Gasteiger partial charge in [0.15, 0.2) is 5.78 Å². The molecule has 0 unspecified atom stereocenters. The largest absolute Gasteiger partial charge is 0.289 e. The van der Waals surface area contributed by atoms with Crippen molar-refractivity contribution in [3.63, 3.8) is 0 Å². The van der Waals surface area contributed by atoms with Crippen LogP contribution >= 0.6 is 11.8 Å². The first-order valence-electron chi connectivity index (χ1n) is 6.83. The first-order chi connectivity index (χ1) is 9.70. The number of fused-ring (bicyclic) bond motifs is 1. The molecule has 0 aliphatic heterocycles. The Morgan fingerprint density at radius 3 is 2.65 bits per heavy atom. The summed E-state index contributed by atoms with van der Waals surface area (Å²) < 4.78 is 0. The van der Waals surface area contributed by atoms with Gasteiger partial charge < -0.3 is 0 Å². The molecule has 20 heavy (non-hydrogen) atoms. The third-order valence-corrected chi connectivity index (χ3v) is 4.62. The van der Waals surface area contributed by atoms with Gasteiger partial charge in [-0.2, -0.15) is 0 Å². The lowest BCUT2D eigenvalue weighted by atomic mass is 9.85. The summed E-state index contributed by atoms with van der Waals surface area (Å²) in [4.78, 5) is 13.5. The summed E-state index contributed by atoms with van der Waals surface area (Å²) in [6.07, 6.45) is 9.65. The standard InChI is InChI=1S/C18H18OS/c1-4-6-12-20-18-13(3)17(19)16-11-9-7-8-10-15(16)14(18)5-2/h8-11H,2,4,6,12H2,1,3H3. The summed E-state index contributed by atoms with van der Waals surface area (Å²) in [5, 5.41) is 0. The predicted octanol–water partition coefficient (Wildman–Crippen LogP) is 4.67. The number of carbonyl (C=O) groups is 1. The van der Waals surface area contributed by atoms with E-state index in [1.165, 1.54) is 0 Å². The second-order valence-electron chi connectivity index (χ2n) is 4.70. The second-order valence-corrected chi connectivity index (χ2v) is 5.80. The van der Waals surface area contributed by atoms with Crippen LogP contribution in [0.3, 0.4) is 0 Å². The molecular weight excluding hydrogens is 264 g/mol. The zero-order valence-electron chi connectivity index (χ0n) is 12.0. The van der Waals surface area contributed by atoms with E-state index in [0.717, 1.165) is 45.8 Å². The van der Waals surface area contributed by atoms with Crippen LogP contribution in [0, 0.1) is 0 Å². The van der Waals surface area contributed by atoms with Gasteiger partial charge in [-0.1, -0.05) is 19.9 Å². The maximum atomic E-state index is 12.5. The molecular formula is C18H18OS. The van der Waals surface area contributed by atoms with Crippen molar-refractivity contribution in [2.75, 3.05) is 5.75 Å². The average Bonchev–Trinajstić information content (AvgIpc) is 2.70. The van der Waals surface area contributed by atoms with Gasteiger partial charge in [0.05, 0.1) is 0 Å². The smallest absolute Gasteiger partial charge is 0.190 e. The molecule has 102 valence electrons. The Morgan fingerprint density at radius 1 is 1.30 bits per heavy atom. The third kappa shape index (κ3) is 2.73. The lowest BCUT2D eigenvalue weighted by molar-refractivity contribution is -0.112. The molecule has 0 N–H and O–H groups in total. The number of thioether (sulfide) groups is 1. The van der Waals surface area contributed by atoms with E-state index in [1.54, 1.807) is 17.8 Å². The second kappa shape index (κ2) is 6.63. The lowest BCUT2D eigenvalue weighted by Crippen LogP contribution is -2.16. The van der Waals surface area contributed by atoms with Gasteiger partial charge >= 0.3 is 0 Å². The molecule has 0 spiro atoms. The number of unbranched alkanes of at least 4 members (excludes halogenated alkanes) is 1. The Hall–Kier alpha value is -1.72.